The van der Waals surface area contributed by atoms with Crippen LogP contribution < -0.4 is 5.32 Å². The maximum absolute atomic E-state index is 12.8. The van der Waals surface area contributed by atoms with Gasteiger partial charge in [0.25, 0.3) is 0 Å². The van der Waals surface area contributed by atoms with Gasteiger partial charge in [0, 0.05) is 15.0 Å². The van der Waals surface area contributed by atoms with Crippen LogP contribution in [0.4, 0.5) is 13.2 Å². The molecule has 0 atom stereocenters. The van der Waals surface area contributed by atoms with E-state index in [-0.39, 0.29) is 0 Å². The van der Waals surface area contributed by atoms with Crippen LogP contribution in [0.25, 0.3) is 10.1 Å². The Morgan fingerprint density at radius 2 is 2.06 bits per heavy atom. The summed E-state index contributed by atoms with van der Waals surface area (Å²) in [5.74, 6) is 0. The number of aryl methyl sites for hydroxylation is 1. The monoisotopic (exact) mass is 273 g/mol. The van der Waals surface area contributed by atoms with E-state index in [2.05, 4.69) is 5.32 Å². The first kappa shape index (κ1) is 13.4. The summed E-state index contributed by atoms with van der Waals surface area (Å²) in [5.41, 5.74) is -0.531. The summed E-state index contributed by atoms with van der Waals surface area (Å²) in [6.45, 7) is 0.875. The molecule has 0 aliphatic heterocycles. The lowest BCUT2D eigenvalue weighted by atomic mass is 10.1. The van der Waals surface area contributed by atoms with Gasteiger partial charge < -0.3 is 5.32 Å². The normalized spacial score (nSPS) is 12.2. The van der Waals surface area contributed by atoms with E-state index in [1.54, 1.807) is 12.1 Å². The number of alkyl halides is 3. The summed E-state index contributed by atoms with van der Waals surface area (Å²) >= 11 is 1.45. The lowest BCUT2D eigenvalue weighted by Gasteiger charge is -2.06. The molecular weight excluding hydrogens is 259 g/mol. The van der Waals surface area contributed by atoms with E-state index in [0.29, 0.717) is 10.1 Å². The van der Waals surface area contributed by atoms with Gasteiger partial charge >= 0.3 is 6.18 Å². The largest absolute Gasteiger partial charge is 0.417 e. The van der Waals surface area contributed by atoms with Gasteiger partial charge in [-0.1, -0.05) is 6.07 Å². The molecule has 0 radical (unpaired) electrons. The smallest absolute Gasteiger partial charge is 0.320 e. The van der Waals surface area contributed by atoms with Gasteiger partial charge in [-0.3, -0.25) is 0 Å². The highest BCUT2D eigenvalue weighted by molar-refractivity contribution is 7.19. The molecule has 2 rings (SSSR count). The Morgan fingerprint density at radius 1 is 1.28 bits per heavy atom. The van der Waals surface area contributed by atoms with E-state index in [0.717, 1.165) is 30.3 Å². The third kappa shape index (κ3) is 2.84. The predicted octanol–water partition coefficient (Wildman–Crippen LogP) is 4.07. The van der Waals surface area contributed by atoms with Crippen molar-refractivity contribution in [3.8, 4) is 0 Å². The van der Waals surface area contributed by atoms with Crippen molar-refractivity contribution in [3.63, 3.8) is 0 Å². The average molecular weight is 273 g/mol. The SMILES string of the molecule is CNCCCc1cc2c(C(F)(F)F)cccc2s1. The Bertz CT molecular complexity index is 531. The topological polar surface area (TPSA) is 12.0 Å². The highest BCUT2D eigenvalue weighted by atomic mass is 32.1. The van der Waals surface area contributed by atoms with Crippen molar-refractivity contribution in [2.24, 2.45) is 0 Å². The zero-order chi connectivity index (χ0) is 13.2. The summed E-state index contributed by atoms with van der Waals surface area (Å²) in [7, 11) is 1.87. The standard InChI is InChI=1S/C13H14F3NS/c1-17-7-3-4-9-8-10-11(13(14,15)16)5-2-6-12(10)18-9/h2,5-6,8,17H,3-4,7H2,1H3. The lowest BCUT2D eigenvalue weighted by Crippen LogP contribution is -2.07. The molecule has 1 heterocycles. The first-order chi connectivity index (χ1) is 8.52. The van der Waals surface area contributed by atoms with Gasteiger partial charge in [0.05, 0.1) is 5.56 Å². The summed E-state index contributed by atoms with van der Waals surface area (Å²) in [4.78, 5) is 1.01. The van der Waals surface area contributed by atoms with Crippen LogP contribution in [-0.4, -0.2) is 13.6 Å². The summed E-state index contributed by atoms with van der Waals surface area (Å²) in [6, 6.07) is 6.04. The summed E-state index contributed by atoms with van der Waals surface area (Å²) in [6.07, 6.45) is -2.52. The third-order valence-electron chi connectivity index (χ3n) is 2.77. The van der Waals surface area contributed by atoms with Crippen LogP contribution in [0.1, 0.15) is 16.9 Å². The fraction of sp³-hybridized carbons (Fsp3) is 0.385. The molecular formula is C13H14F3NS. The third-order valence-corrected chi connectivity index (χ3v) is 3.93. The van der Waals surface area contributed by atoms with Crippen LogP contribution in [-0.2, 0) is 12.6 Å². The quantitative estimate of drug-likeness (QED) is 0.828. The van der Waals surface area contributed by atoms with Crippen LogP contribution in [0.2, 0.25) is 0 Å². The van der Waals surface area contributed by atoms with E-state index >= 15 is 0 Å². The van der Waals surface area contributed by atoms with E-state index in [1.165, 1.54) is 17.4 Å². The Hall–Kier alpha value is -1.07. The van der Waals surface area contributed by atoms with Crippen molar-refractivity contribution in [2.45, 2.75) is 19.0 Å². The van der Waals surface area contributed by atoms with Gasteiger partial charge in [0.15, 0.2) is 0 Å². The predicted molar refractivity (Wildman–Crippen MR) is 69.1 cm³/mol. The number of rotatable bonds is 4. The molecule has 0 unspecified atom stereocenters. The second-order valence-corrected chi connectivity index (χ2v) is 5.30. The van der Waals surface area contributed by atoms with Gasteiger partial charge in [-0.15, -0.1) is 11.3 Å². The summed E-state index contributed by atoms with van der Waals surface area (Å²) < 4.78 is 39.2. The summed E-state index contributed by atoms with van der Waals surface area (Å²) in [5, 5.41) is 3.36. The lowest BCUT2D eigenvalue weighted by molar-refractivity contribution is -0.136. The highest BCUT2D eigenvalue weighted by Gasteiger charge is 2.32. The van der Waals surface area contributed by atoms with Crippen molar-refractivity contribution in [2.75, 3.05) is 13.6 Å². The average Bonchev–Trinajstić information content (AvgIpc) is 2.70. The number of halogens is 3. The van der Waals surface area contributed by atoms with Crippen molar-refractivity contribution in [3.05, 3.63) is 34.7 Å². The fourth-order valence-electron chi connectivity index (χ4n) is 1.92. The second kappa shape index (κ2) is 5.28. The molecule has 0 bridgehead atoms. The first-order valence-corrected chi connectivity index (χ1v) is 6.57. The van der Waals surface area contributed by atoms with Gasteiger partial charge in [0.1, 0.15) is 0 Å². The number of nitrogens with one attached hydrogen (secondary N) is 1. The molecule has 0 aliphatic carbocycles. The molecule has 18 heavy (non-hydrogen) atoms. The van der Waals surface area contributed by atoms with Gasteiger partial charge in [-0.2, -0.15) is 13.2 Å². The minimum Gasteiger partial charge on any atom is -0.320 e. The molecule has 1 N–H and O–H groups in total. The molecule has 1 aromatic carbocycles. The molecule has 98 valence electrons. The number of hydrogen-bond donors (Lipinski definition) is 1. The van der Waals surface area contributed by atoms with E-state index in [4.69, 9.17) is 0 Å². The molecule has 0 amide bonds. The van der Waals surface area contributed by atoms with Crippen molar-refractivity contribution >= 4 is 21.4 Å². The van der Waals surface area contributed by atoms with Crippen molar-refractivity contribution < 1.29 is 13.2 Å². The van der Waals surface area contributed by atoms with Crippen LogP contribution in [0, 0.1) is 0 Å². The number of fused-ring (bicyclic) bond motifs is 1. The van der Waals surface area contributed by atoms with Gasteiger partial charge in [-0.25, -0.2) is 0 Å². The maximum Gasteiger partial charge on any atom is 0.417 e. The van der Waals surface area contributed by atoms with Crippen LogP contribution in [0.15, 0.2) is 24.3 Å². The fourth-order valence-corrected chi connectivity index (χ4v) is 3.05. The highest BCUT2D eigenvalue weighted by Crippen LogP contribution is 2.38. The van der Waals surface area contributed by atoms with Gasteiger partial charge in [-0.05, 0) is 44.6 Å². The Morgan fingerprint density at radius 3 is 2.72 bits per heavy atom. The van der Waals surface area contributed by atoms with Crippen molar-refractivity contribution in [1.29, 1.82) is 0 Å². The van der Waals surface area contributed by atoms with Gasteiger partial charge in [0.2, 0.25) is 0 Å². The zero-order valence-electron chi connectivity index (χ0n) is 9.97. The van der Waals surface area contributed by atoms with E-state index in [1.807, 2.05) is 7.05 Å². The zero-order valence-corrected chi connectivity index (χ0v) is 10.8. The maximum atomic E-state index is 12.8. The van der Waals surface area contributed by atoms with Crippen LogP contribution in [0.5, 0.6) is 0 Å². The molecule has 2 aromatic rings. The molecule has 0 saturated carbocycles. The minimum atomic E-state index is -4.27. The Balaban J connectivity index is 2.33. The molecule has 1 aromatic heterocycles. The number of thiophene rings is 1. The minimum absolute atomic E-state index is 0.328. The molecule has 0 aliphatic rings. The van der Waals surface area contributed by atoms with E-state index in [9.17, 15) is 13.2 Å². The first-order valence-electron chi connectivity index (χ1n) is 5.75. The Labute approximate surface area is 108 Å². The molecule has 0 saturated heterocycles. The molecule has 0 spiro atoms. The second-order valence-electron chi connectivity index (χ2n) is 4.13. The Kier molecular flexibility index (Phi) is 3.92. The number of hydrogen-bond acceptors (Lipinski definition) is 2. The van der Waals surface area contributed by atoms with Crippen molar-refractivity contribution in [1.82, 2.24) is 5.32 Å². The number of benzene rings is 1. The molecule has 0 fully saturated rings. The van der Waals surface area contributed by atoms with Crippen LogP contribution in [0.3, 0.4) is 0 Å². The van der Waals surface area contributed by atoms with E-state index < -0.39 is 11.7 Å². The molecule has 1 nitrogen and oxygen atoms in total. The molecule has 5 heteroatoms. The van der Waals surface area contributed by atoms with Crippen LogP contribution >= 0.6 is 11.3 Å².